The van der Waals surface area contributed by atoms with Crippen LogP contribution in [0.15, 0.2) is 26.9 Å². The molecule has 112 valence electrons. The number of carbonyl (C=O) groups excluding carboxylic acids is 1. The van der Waals surface area contributed by atoms with Crippen molar-refractivity contribution in [2.24, 2.45) is 14.6 Å². The minimum Gasteiger partial charge on any atom is -0.480 e. The number of nitrogens with zero attached hydrogens (tertiary/aromatic N) is 2. The van der Waals surface area contributed by atoms with Crippen LogP contribution in [0.4, 0.5) is 17.1 Å². The summed E-state index contributed by atoms with van der Waals surface area (Å²) in [6, 6.07) is 5.37. The van der Waals surface area contributed by atoms with Crippen LogP contribution in [0, 0.1) is 5.92 Å². The van der Waals surface area contributed by atoms with Gasteiger partial charge in [-0.15, -0.1) is 11.8 Å². The van der Waals surface area contributed by atoms with Crippen LogP contribution in [0.25, 0.3) is 0 Å². The van der Waals surface area contributed by atoms with Gasteiger partial charge in [0.2, 0.25) is 5.91 Å². The molecule has 0 spiro atoms. The van der Waals surface area contributed by atoms with Gasteiger partial charge in [-0.25, -0.2) is 0 Å². The smallest absolute Gasteiger partial charge is 0.316 e. The normalized spacial score (nSPS) is 13.7. The zero-order valence-corrected chi connectivity index (χ0v) is 13.2. The highest BCUT2D eigenvalue weighted by molar-refractivity contribution is 8.01. The molecule has 0 aromatic heterocycles. The molecule has 0 radical (unpaired) electrons. The lowest BCUT2D eigenvalue weighted by atomic mass is 10.1. The first kappa shape index (κ1) is 15.7. The lowest BCUT2D eigenvalue weighted by molar-refractivity contribution is -0.137. The molecule has 1 aromatic rings. The van der Waals surface area contributed by atoms with Crippen LogP contribution < -0.4 is 5.32 Å². The molecule has 1 amide bonds. The lowest BCUT2D eigenvalue weighted by Gasteiger charge is -2.15. The number of carboxylic acid groups (broad SMARTS) is 1. The zero-order chi connectivity index (χ0) is 15.4. The third kappa shape index (κ3) is 3.92. The number of hydrogen-bond donors (Lipinski definition) is 2. The second-order valence-electron chi connectivity index (χ2n) is 4.80. The number of fused-ring (bicyclic) bond motifs is 1. The molecule has 0 bridgehead atoms. The molecule has 8 heteroatoms. The monoisotopic (exact) mass is 325 g/mol. The van der Waals surface area contributed by atoms with Crippen LogP contribution in [0.5, 0.6) is 0 Å². The van der Waals surface area contributed by atoms with Crippen LogP contribution >= 0.6 is 11.8 Å². The van der Waals surface area contributed by atoms with Crippen molar-refractivity contribution in [2.45, 2.75) is 19.1 Å². The number of nitrogens with one attached hydrogen (secondary N) is 1. The summed E-state index contributed by atoms with van der Waals surface area (Å²) in [4.78, 5) is 23.0. The number of rotatable bonds is 6. The van der Waals surface area contributed by atoms with Crippen LogP contribution in [0.1, 0.15) is 13.8 Å². The second-order valence-corrected chi connectivity index (χ2v) is 6.46. The van der Waals surface area contributed by atoms with Gasteiger partial charge in [0.05, 0.1) is 22.8 Å². The van der Waals surface area contributed by atoms with E-state index in [2.05, 4.69) is 14.0 Å². The van der Waals surface area contributed by atoms with Crippen molar-refractivity contribution >= 4 is 52.1 Å². The molecular weight excluding hydrogens is 310 g/mol. The number of amides is 1. The minimum atomic E-state index is -0.895. The second kappa shape index (κ2) is 6.86. The Balaban J connectivity index is 1.96. The topological polar surface area (TPSA) is 91.1 Å². The fourth-order valence-electron chi connectivity index (χ4n) is 1.81. The summed E-state index contributed by atoms with van der Waals surface area (Å²) in [5.74, 6) is -1.09. The van der Waals surface area contributed by atoms with Gasteiger partial charge in [-0.2, -0.15) is 8.73 Å². The Morgan fingerprint density at radius 3 is 2.81 bits per heavy atom. The van der Waals surface area contributed by atoms with Gasteiger partial charge in [0, 0.05) is 0 Å². The SMILES string of the molecule is CC(C)C(SCC(=O)Nc1cccc2c1N=S=N2)C(=O)O. The molecule has 0 fully saturated rings. The minimum absolute atomic E-state index is 0.0357. The van der Waals surface area contributed by atoms with Gasteiger partial charge >= 0.3 is 5.97 Å². The third-order valence-corrected chi connectivity index (χ3v) is 4.88. The molecule has 1 aliphatic heterocycles. The highest BCUT2D eigenvalue weighted by Crippen LogP contribution is 2.38. The Kier molecular flexibility index (Phi) is 5.13. The predicted molar refractivity (Wildman–Crippen MR) is 85.3 cm³/mol. The van der Waals surface area contributed by atoms with E-state index in [1.807, 2.05) is 19.9 Å². The van der Waals surface area contributed by atoms with E-state index in [-0.39, 0.29) is 17.6 Å². The number of hydrogen-bond acceptors (Lipinski definition) is 5. The summed E-state index contributed by atoms with van der Waals surface area (Å²) in [7, 11) is 0. The van der Waals surface area contributed by atoms with Crippen LogP contribution in [-0.2, 0) is 20.9 Å². The van der Waals surface area contributed by atoms with Crippen molar-refractivity contribution in [1.29, 1.82) is 0 Å². The quantitative estimate of drug-likeness (QED) is 0.853. The number of carboxylic acids is 1. The Hall–Kier alpha value is -1.67. The highest BCUT2D eigenvalue weighted by Gasteiger charge is 2.23. The van der Waals surface area contributed by atoms with Gasteiger partial charge in [-0.3, -0.25) is 9.59 Å². The van der Waals surface area contributed by atoms with E-state index < -0.39 is 11.2 Å². The summed E-state index contributed by atoms with van der Waals surface area (Å²) in [5.41, 5.74) is 1.99. The maximum Gasteiger partial charge on any atom is 0.316 e. The fourth-order valence-corrected chi connectivity index (χ4v) is 3.29. The molecular formula is C13H15N3O3S2. The first-order valence-corrected chi connectivity index (χ1v) is 8.12. The van der Waals surface area contributed by atoms with Gasteiger partial charge in [-0.05, 0) is 18.1 Å². The zero-order valence-electron chi connectivity index (χ0n) is 11.6. The van der Waals surface area contributed by atoms with E-state index in [9.17, 15) is 9.59 Å². The Labute approximate surface area is 130 Å². The molecule has 1 unspecified atom stereocenters. The van der Waals surface area contributed by atoms with Gasteiger partial charge in [0.25, 0.3) is 0 Å². The number of thioether (sulfide) groups is 1. The molecule has 6 nitrogen and oxygen atoms in total. The molecule has 21 heavy (non-hydrogen) atoms. The van der Waals surface area contributed by atoms with Gasteiger partial charge in [-0.1, -0.05) is 19.9 Å². The third-order valence-electron chi connectivity index (χ3n) is 2.80. The first-order chi connectivity index (χ1) is 9.99. The van der Waals surface area contributed by atoms with Crippen LogP contribution in [0.3, 0.4) is 0 Å². The number of carbonyl (C=O) groups is 2. The standard InChI is InChI=1S/C13H15N3O3S2/c1-7(2)12(13(18)19)20-6-10(17)14-8-4-3-5-9-11(8)16-21-15-9/h3-5,7,12H,6H2,1-2H3,(H,14,17)(H,18,19). The Morgan fingerprint density at radius 1 is 1.38 bits per heavy atom. The molecule has 0 saturated heterocycles. The molecule has 1 atom stereocenters. The van der Waals surface area contributed by atoms with Crippen molar-refractivity contribution in [3.8, 4) is 0 Å². The average molecular weight is 325 g/mol. The summed E-state index contributed by atoms with van der Waals surface area (Å²) in [6.45, 7) is 3.65. The Morgan fingerprint density at radius 2 is 2.14 bits per heavy atom. The predicted octanol–water partition coefficient (Wildman–Crippen LogP) is 3.19. The van der Waals surface area contributed by atoms with Crippen molar-refractivity contribution in [2.75, 3.05) is 11.1 Å². The summed E-state index contributed by atoms with van der Waals surface area (Å²) in [5, 5.41) is 11.3. The van der Waals surface area contributed by atoms with E-state index in [1.165, 1.54) is 0 Å². The molecule has 1 aliphatic rings. The van der Waals surface area contributed by atoms with Crippen molar-refractivity contribution < 1.29 is 14.7 Å². The maximum atomic E-state index is 12.0. The summed E-state index contributed by atoms with van der Waals surface area (Å²) >= 11 is 2.21. The van der Waals surface area contributed by atoms with Crippen molar-refractivity contribution in [1.82, 2.24) is 0 Å². The molecule has 1 heterocycles. The van der Waals surface area contributed by atoms with E-state index in [0.29, 0.717) is 11.4 Å². The molecule has 0 aliphatic carbocycles. The van der Waals surface area contributed by atoms with Crippen molar-refractivity contribution in [3.05, 3.63) is 18.2 Å². The molecule has 2 N–H and O–H groups in total. The van der Waals surface area contributed by atoms with E-state index in [4.69, 9.17) is 5.11 Å². The molecule has 0 saturated carbocycles. The Bertz CT molecular complexity index is 640. The molecule has 2 rings (SSSR count). The van der Waals surface area contributed by atoms with Crippen molar-refractivity contribution in [3.63, 3.8) is 0 Å². The maximum absolute atomic E-state index is 12.0. The largest absolute Gasteiger partial charge is 0.480 e. The van der Waals surface area contributed by atoms with Gasteiger partial charge < -0.3 is 10.4 Å². The van der Waals surface area contributed by atoms with Gasteiger partial charge in [0.1, 0.15) is 16.6 Å². The van der Waals surface area contributed by atoms with Crippen LogP contribution in [0.2, 0.25) is 0 Å². The number of aliphatic carboxylic acids is 1. The van der Waals surface area contributed by atoms with E-state index >= 15 is 0 Å². The van der Waals surface area contributed by atoms with Crippen LogP contribution in [-0.4, -0.2) is 28.0 Å². The summed E-state index contributed by atoms with van der Waals surface area (Å²) in [6.07, 6.45) is 0. The average Bonchev–Trinajstić information content (AvgIpc) is 2.87. The number of anilines is 1. The highest BCUT2D eigenvalue weighted by atomic mass is 32.2. The fraction of sp³-hybridized carbons (Fsp3) is 0.385. The first-order valence-electron chi connectivity index (χ1n) is 6.34. The molecule has 1 aromatic carbocycles. The van der Waals surface area contributed by atoms with E-state index in [0.717, 1.165) is 28.8 Å². The van der Waals surface area contributed by atoms with Gasteiger partial charge in [0.15, 0.2) is 0 Å². The lowest BCUT2D eigenvalue weighted by Crippen LogP contribution is -2.25. The summed E-state index contributed by atoms with van der Waals surface area (Å²) < 4.78 is 8.24. The number of benzene rings is 1. The van der Waals surface area contributed by atoms with E-state index in [1.54, 1.807) is 12.1 Å².